The van der Waals surface area contributed by atoms with Gasteiger partial charge in [-0.3, -0.25) is 0 Å². The lowest BCUT2D eigenvalue weighted by Gasteiger charge is -2.28. The molecule has 0 amide bonds. The van der Waals surface area contributed by atoms with E-state index in [1.165, 1.54) is 5.56 Å². The van der Waals surface area contributed by atoms with Gasteiger partial charge in [0.1, 0.15) is 11.9 Å². The van der Waals surface area contributed by atoms with Crippen molar-refractivity contribution in [1.82, 2.24) is 0 Å². The summed E-state index contributed by atoms with van der Waals surface area (Å²) in [6.07, 6.45) is 1.41. The van der Waals surface area contributed by atoms with Crippen molar-refractivity contribution in [1.29, 1.82) is 0 Å². The molecule has 1 aromatic rings. The Kier molecular flexibility index (Phi) is 3.89. The van der Waals surface area contributed by atoms with Crippen LogP contribution in [0.1, 0.15) is 26.3 Å². The summed E-state index contributed by atoms with van der Waals surface area (Å²) in [5.74, 6) is 0.936. The molecule has 17 heavy (non-hydrogen) atoms. The van der Waals surface area contributed by atoms with Crippen LogP contribution in [0.5, 0.6) is 5.75 Å². The monoisotopic (exact) mass is 235 g/mol. The predicted octanol–water partition coefficient (Wildman–Crippen LogP) is 2.85. The second-order valence-corrected chi connectivity index (χ2v) is 4.69. The lowest BCUT2D eigenvalue weighted by Crippen LogP contribution is -2.35. The molecule has 3 nitrogen and oxygen atoms in total. The number of hydrogen-bond acceptors (Lipinski definition) is 3. The molecule has 94 valence electrons. The van der Waals surface area contributed by atoms with Gasteiger partial charge in [-0.1, -0.05) is 13.0 Å². The molecule has 0 saturated carbocycles. The van der Waals surface area contributed by atoms with Gasteiger partial charge in [-0.2, -0.15) is 0 Å². The summed E-state index contributed by atoms with van der Waals surface area (Å²) in [5.41, 5.74) is 2.43. The summed E-state index contributed by atoms with van der Waals surface area (Å²) in [6.45, 7) is 7.69. The van der Waals surface area contributed by atoms with Gasteiger partial charge in [-0.05, 0) is 38.0 Å². The number of aryl methyl sites for hydroxylation is 1. The summed E-state index contributed by atoms with van der Waals surface area (Å²) < 4.78 is 11.5. The Labute approximate surface area is 103 Å². The van der Waals surface area contributed by atoms with Crippen LogP contribution in [-0.2, 0) is 11.2 Å². The Morgan fingerprint density at radius 1 is 1.47 bits per heavy atom. The van der Waals surface area contributed by atoms with E-state index in [1.54, 1.807) is 0 Å². The summed E-state index contributed by atoms with van der Waals surface area (Å²) in [5, 5.41) is 3.41. The Balaban J connectivity index is 1.99. The lowest BCUT2D eigenvalue weighted by molar-refractivity contribution is 0.0190. The minimum Gasteiger partial charge on any atom is -0.484 e. The molecule has 0 spiro atoms. The van der Waals surface area contributed by atoms with Gasteiger partial charge in [0.25, 0.3) is 0 Å². The van der Waals surface area contributed by atoms with Crippen LogP contribution in [0.15, 0.2) is 18.2 Å². The molecule has 0 fully saturated rings. The van der Waals surface area contributed by atoms with E-state index in [4.69, 9.17) is 9.47 Å². The van der Waals surface area contributed by atoms with Gasteiger partial charge < -0.3 is 14.8 Å². The zero-order chi connectivity index (χ0) is 12.3. The zero-order valence-corrected chi connectivity index (χ0v) is 10.8. The van der Waals surface area contributed by atoms with E-state index in [-0.39, 0.29) is 12.2 Å². The fourth-order valence-corrected chi connectivity index (χ4v) is 1.88. The highest BCUT2D eigenvalue weighted by atomic mass is 16.5. The first-order valence-electron chi connectivity index (χ1n) is 6.34. The third kappa shape index (κ3) is 3.13. The van der Waals surface area contributed by atoms with E-state index in [0.29, 0.717) is 6.61 Å². The van der Waals surface area contributed by atoms with Crippen LogP contribution in [0, 0.1) is 0 Å². The number of hydrogen-bond donors (Lipinski definition) is 1. The van der Waals surface area contributed by atoms with Crippen LogP contribution in [0.3, 0.4) is 0 Å². The van der Waals surface area contributed by atoms with E-state index in [9.17, 15) is 0 Å². The summed E-state index contributed by atoms with van der Waals surface area (Å²) in [4.78, 5) is 0. The molecule has 0 radical (unpaired) electrons. The molecule has 1 aromatic carbocycles. The average Bonchev–Trinajstić information content (AvgIpc) is 2.35. The Bertz CT molecular complexity index is 376. The molecule has 2 rings (SSSR count). The van der Waals surface area contributed by atoms with E-state index in [2.05, 4.69) is 24.4 Å². The minimum atomic E-state index is 0.109. The maximum absolute atomic E-state index is 5.89. The van der Waals surface area contributed by atoms with Crippen LogP contribution in [0.2, 0.25) is 0 Å². The van der Waals surface area contributed by atoms with Crippen molar-refractivity contribution in [3.63, 3.8) is 0 Å². The maximum atomic E-state index is 5.89. The Hall–Kier alpha value is -1.22. The minimum absolute atomic E-state index is 0.109. The van der Waals surface area contributed by atoms with E-state index >= 15 is 0 Å². The Morgan fingerprint density at radius 2 is 2.29 bits per heavy atom. The highest BCUT2D eigenvalue weighted by Gasteiger charge is 2.19. The first kappa shape index (κ1) is 12.2. The molecule has 1 heterocycles. The second kappa shape index (κ2) is 5.41. The normalized spacial score (nSPS) is 18.5. The van der Waals surface area contributed by atoms with Crippen LogP contribution in [0.25, 0.3) is 0 Å². The smallest absolute Gasteiger partial charge is 0.143 e. The fraction of sp³-hybridized carbons (Fsp3) is 0.571. The highest BCUT2D eigenvalue weighted by Crippen LogP contribution is 2.30. The van der Waals surface area contributed by atoms with Crippen LogP contribution in [0.4, 0.5) is 5.69 Å². The first-order chi connectivity index (χ1) is 8.19. The SMILES string of the molecule is CCc1ccc2c(c1)NCC(COC(C)C)O2. The fourth-order valence-electron chi connectivity index (χ4n) is 1.88. The molecule has 1 unspecified atom stereocenters. The molecule has 1 aliphatic heterocycles. The standard InChI is InChI=1S/C14H21NO2/c1-4-11-5-6-14-13(7-11)15-8-12(17-14)9-16-10(2)3/h5-7,10,12,15H,4,8-9H2,1-3H3. The molecule has 0 aliphatic carbocycles. The Morgan fingerprint density at radius 3 is 3.00 bits per heavy atom. The number of rotatable bonds is 4. The number of nitrogens with one attached hydrogen (secondary N) is 1. The van der Waals surface area contributed by atoms with Gasteiger partial charge in [0, 0.05) is 0 Å². The van der Waals surface area contributed by atoms with Gasteiger partial charge in [-0.25, -0.2) is 0 Å². The van der Waals surface area contributed by atoms with Gasteiger partial charge in [0.15, 0.2) is 0 Å². The topological polar surface area (TPSA) is 30.5 Å². The molecule has 3 heteroatoms. The van der Waals surface area contributed by atoms with Gasteiger partial charge in [0.05, 0.1) is 24.9 Å². The number of fused-ring (bicyclic) bond motifs is 1. The number of benzene rings is 1. The van der Waals surface area contributed by atoms with Crippen molar-refractivity contribution in [3.8, 4) is 5.75 Å². The van der Waals surface area contributed by atoms with Gasteiger partial charge in [-0.15, -0.1) is 0 Å². The summed E-state index contributed by atoms with van der Waals surface area (Å²) >= 11 is 0. The maximum Gasteiger partial charge on any atom is 0.143 e. The third-order valence-electron chi connectivity index (χ3n) is 2.88. The summed E-state index contributed by atoms with van der Waals surface area (Å²) in [6, 6.07) is 6.32. The summed E-state index contributed by atoms with van der Waals surface area (Å²) in [7, 11) is 0. The average molecular weight is 235 g/mol. The van der Waals surface area contributed by atoms with Gasteiger partial charge in [0.2, 0.25) is 0 Å². The van der Waals surface area contributed by atoms with Gasteiger partial charge >= 0.3 is 0 Å². The number of anilines is 1. The molecule has 1 aliphatic rings. The third-order valence-corrected chi connectivity index (χ3v) is 2.88. The van der Waals surface area contributed by atoms with Crippen LogP contribution >= 0.6 is 0 Å². The molecular weight excluding hydrogens is 214 g/mol. The van der Waals surface area contributed by atoms with Crippen LogP contribution < -0.4 is 10.1 Å². The highest BCUT2D eigenvalue weighted by molar-refractivity contribution is 5.59. The van der Waals surface area contributed by atoms with Crippen molar-refractivity contribution in [2.75, 3.05) is 18.5 Å². The molecule has 0 saturated heterocycles. The molecule has 0 bridgehead atoms. The van der Waals surface area contributed by atoms with Crippen molar-refractivity contribution < 1.29 is 9.47 Å². The zero-order valence-electron chi connectivity index (χ0n) is 10.8. The molecular formula is C14H21NO2. The second-order valence-electron chi connectivity index (χ2n) is 4.69. The van der Waals surface area contributed by atoms with Crippen LogP contribution in [-0.4, -0.2) is 25.4 Å². The lowest BCUT2D eigenvalue weighted by atomic mass is 10.1. The molecule has 1 N–H and O–H groups in total. The quantitative estimate of drug-likeness (QED) is 0.870. The van der Waals surface area contributed by atoms with E-state index in [0.717, 1.165) is 24.4 Å². The van der Waals surface area contributed by atoms with E-state index in [1.807, 2.05) is 19.9 Å². The van der Waals surface area contributed by atoms with Crippen molar-refractivity contribution in [2.24, 2.45) is 0 Å². The largest absolute Gasteiger partial charge is 0.484 e. The van der Waals surface area contributed by atoms with Crippen molar-refractivity contribution in [3.05, 3.63) is 23.8 Å². The van der Waals surface area contributed by atoms with Crippen molar-refractivity contribution >= 4 is 5.69 Å². The first-order valence-corrected chi connectivity index (χ1v) is 6.34. The van der Waals surface area contributed by atoms with E-state index < -0.39 is 0 Å². The predicted molar refractivity (Wildman–Crippen MR) is 69.8 cm³/mol. The molecule has 1 atom stereocenters. The van der Waals surface area contributed by atoms with Crippen molar-refractivity contribution in [2.45, 2.75) is 39.4 Å². The number of ether oxygens (including phenoxy) is 2. The molecule has 0 aromatic heterocycles.